The van der Waals surface area contributed by atoms with Gasteiger partial charge >= 0.3 is 0 Å². The molecular formula is C14H19BrClNO3. The molecule has 0 atom stereocenters. The van der Waals surface area contributed by atoms with E-state index in [1.807, 2.05) is 13.0 Å². The van der Waals surface area contributed by atoms with Gasteiger partial charge < -0.3 is 14.7 Å². The second-order valence-corrected chi connectivity index (χ2v) is 5.55. The lowest BCUT2D eigenvalue weighted by Crippen LogP contribution is -2.33. The fourth-order valence-electron chi connectivity index (χ4n) is 1.74. The van der Waals surface area contributed by atoms with E-state index in [0.717, 1.165) is 4.47 Å². The molecule has 0 fully saturated rings. The maximum Gasteiger partial charge on any atom is 0.222 e. The van der Waals surface area contributed by atoms with Crippen molar-refractivity contribution in [1.82, 2.24) is 4.90 Å². The van der Waals surface area contributed by atoms with Crippen LogP contribution >= 0.6 is 27.5 Å². The predicted octanol–water partition coefficient (Wildman–Crippen LogP) is 3.10. The summed E-state index contributed by atoms with van der Waals surface area (Å²) in [5.41, 5.74) is 0. The average Bonchev–Trinajstić information content (AvgIpc) is 2.42. The molecule has 0 saturated carbocycles. The summed E-state index contributed by atoms with van der Waals surface area (Å²) < 4.78 is 6.44. The topological polar surface area (TPSA) is 49.8 Å². The Morgan fingerprint density at radius 3 is 2.85 bits per heavy atom. The molecule has 1 aromatic rings. The van der Waals surface area contributed by atoms with Crippen molar-refractivity contribution >= 4 is 33.4 Å². The number of rotatable bonds is 8. The van der Waals surface area contributed by atoms with Gasteiger partial charge in [0.15, 0.2) is 0 Å². The van der Waals surface area contributed by atoms with Crippen LogP contribution < -0.4 is 4.74 Å². The van der Waals surface area contributed by atoms with Gasteiger partial charge in [-0.15, -0.1) is 0 Å². The Hall–Kier alpha value is -0.780. The van der Waals surface area contributed by atoms with Crippen LogP contribution in [-0.4, -0.2) is 42.2 Å². The van der Waals surface area contributed by atoms with Crippen LogP contribution in [-0.2, 0) is 4.79 Å². The molecule has 1 rings (SSSR count). The third-order valence-electron chi connectivity index (χ3n) is 2.79. The number of hydrogen-bond donors (Lipinski definition) is 1. The molecule has 112 valence electrons. The van der Waals surface area contributed by atoms with Crippen molar-refractivity contribution in [2.75, 3.05) is 26.3 Å². The molecule has 0 unspecified atom stereocenters. The smallest absolute Gasteiger partial charge is 0.222 e. The number of benzene rings is 1. The molecule has 0 aliphatic rings. The highest BCUT2D eigenvalue weighted by molar-refractivity contribution is 9.10. The summed E-state index contributed by atoms with van der Waals surface area (Å²) in [6.45, 7) is 3.31. The molecule has 0 saturated heterocycles. The third kappa shape index (κ3) is 5.69. The number of carbonyl (C=O) groups is 1. The molecule has 1 aromatic carbocycles. The summed E-state index contributed by atoms with van der Waals surface area (Å²) >= 11 is 9.35. The third-order valence-corrected chi connectivity index (χ3v) is 3.58. The van der Waals surface area contributed by atoms with Crippen LogP contribution in [0.1, 0.15) is 19.8 Å². The highest BCUT2D eigenvalue weighted by Gasteiger charge is 2.10. The second-order valence-electron chi connectivity index (χ2n) is 4.22. The summed E-state index contributed by atoms with van der Waals surface area (Å²) in [5.74, 6) is 0.650. The Bertz CT molecular complexity index is 442. The number of amides is 1. The summed E-state index contributed by atoms with van der Waals surface area (Å²) in [5, 5.41) is 9.40. The van der Waals surface area contributed by atoms with Crippen molar-refractivity contribution in [2.45, 2.75) is 19.8 Å². The molecule has 4 nitrogen and oxygen atoms in total. The number of carbonyl (C=O) groups excluding carboxylic acids is 1. The Morgan fingerprint density at radius 1 is 1.50 bits per heavy atom. The van der Waals surface area contributed by atoms with Gasteiger partial charge in [0.2, 0.25) is 5.91 Å². The van der Waals surface area contributed by atoms with Gasteiger partial charge in [-0.3, -0.25) is 4.79 Å². The predicted molar refractivity (Wildman–Crippen MR) is 83.2 cm³/mol. The van der Waals surface area contributed by atoms with Crippen LogP contribution in [0.4, 0.5) is 0 Å². The fourth-order valence-corrected chi connectivity index (χ4v) is 2.46. The van der Waals surface area contributed by atoms with Crippen LogP contribution in [0.25, 0.3) is 0 Å². The molecule has 0 aromatic heterocycles. The molecule has 20 heavy (non-hydrogen) atoms. The Labute approximate surface area is 132 Å². The minimum atomic E-state index is -0.00934. The molecule has 0 spiro atoms. The molecule has 0 radical (unpaired) electrons. The van der Waals surface area contributed by atoms with Crippen molar-refractivity contribution in [1.29, 1.82) is 0 Å². The van der Waals surface area contributed by atoms with Crippen LogP contribution in [0.2, 0.25) is 5.02 Å². The number of ether oxygens (including phenoxy) is 1. The Kier molecular flexibility index (Phi) is 7.95. The zero-order valence-electron chi connectivity index (χ0n) is 11.4. The van der Waals surface area contributed by atoms with E-state index >= 15 is 0 Å². The summed E-state index contributed by atoms with van der Waals surface area (Å²) in [6.07, 6.45) is 1.02. The second kappa shape index (κ2) is 9.21. The molecule has 0 aliphatic carbocycles. The van der Waals surface area contributed by atoms with Gasteiger partial charge in [-0.2, -0.15) is 0 Å². The number of aliphatic hydroxyl groups excluding tert-OH is 1. The number of aliphatic hydroxyl groups is 1. The minimum absolute atomic E-state index is 0.00934. The average molecular weight is 365 g/mol. The Balaban J connectivity index is 2.32. The largest absolute Gasteiger partial charge is 0.492 e. The van der Waals surface area contributed by atoms with E-state index in [1.165, 1.54) is 0 Å². The molecule has 6 heteroatoms. The van der Waals surface area contributed by atoms with Crippen LogP contribution in [0.15, 0.2) is 22.7 Å². The summed E-state index contributed by atoms with van der Waals surface area (Å²) in [7, 11) is 0. The van der Waals surface area contributed by atoms with Gasteiger partial charge in [-0.25, -0.2) is 0 Å². The quantitative estimate of drug-likeness (QED) is 0.721. The molecule has 1 amide bonds. The number of halogens is 2. The van der Waals surface area contributed by atoms with Crippen LogP contribution in [0, 0.1) is 0 Å². The first-order valence-corrected chi connectivity index (χ1v) is 7.72. The lowest BCUT2D eigenvalue weighted by molar-refractivity contribution is -0.131. The van der Waals surface area contributed by atoms with Gasteiger partial charge in [0.05, 0.1) is 18.2 Å². The molecule has 1 N–H and O–H groups in total. The van der Waals surface area contributed by atoms with E-state index < -0.39 is 0 Å². The highest BCUT2D eigenvalue weighted by Crippen LogP contribution is 2.27. The van der Waals surface area contributed by atoms with Crippen molar-refractivity contribution in [3.63, 3.8) is 0 Å². The van der Waals surface area contributed by atoms with E-state index in [4.69, 9.17) is 21.4 Å². The van der Waals surface area contributed by atoms with E-state index in [1.54, 1.807) is 17.0 Å². The first-order valence-electron chi connectivity index (χ1n) is 6.55. The fraction of sp³-hybridized carbons (Fsp3) is 0.500. The maximum absolute atomic E-state index is 11.8. The lowest BCUT2D eigenvalue weighted by atomic mass is 10.3. The van der Waals surface area contributed by atoms with Crippen molar-refractivity contribution < 1.29 is 14.6 Å². The van der Waals surface area contributed by atoms with Gasteiger partial charge in [0.1, 0.15) is 5.75 Å². The zero-order valence-corrected chi connectivity index (χ0v) is 13.8. The van der Waals surface area contributed by atoms with Gasteiger partial charge in [0.25, 0.3) is 0 Å². The number of nitrogens with zero attached hydrogens (tertiary/aromatic N) is 1. The lowest BCUT2D eigenvalue weighted by Gasteiger charge is -2.19. The number of likely N-dealkylation sites (N-methyl/N-ethyl adjacent to an activating group) is 1. The first-order chi connectivity index (χ1) is 9.58. The monoisotopic (exact) mass is 363 g/mol. The molecule has 0 bridgehead atoms. The normalized spacial score (nSPS) is 10.4. The van der Waals surface area contributed by atoms with E-state index in [0.29, 0.717) is 43.3 Å². The van der Waals surface area contributed by atoms with Crippen LogP contribution in [0.5, 0.6) is 5.75 Å². The molecular weight excluding hydrogens is 346 g/mol. The first kappa shape index (κ1) is 17.3. The molecule has 0 aliphatic heterocycles. The van der Waals surface area contributed by atoms with Gasteiger partial charge in [0, 0.05) is 24.0 Å². The van der Waals surface area contributed by atoms with E-state index in [2.05, 4.69) is 15.9 Å². The van der Waals surface area contributed by atoms with E-state index in [-0.39, 0.29) is 12.5 Å². The van der Waals surface area contributed by atoms with Gasteiger partial charge in [-0.1, -0.05) is 27.5 Å². The van der Waals surface area contributed by atoms with E-state index in [9.17, 15) is 4.79 Å². The van der Waals surface area contributed by atoms with Crippen molar-refractivity contribution in [3.8, 4) is 5.75 Å². The highest BCUT2D eigenvalue weighted by atomic mass is 79.9. The maximum atomic E-state index is 11.8. The SMILES string of the molecule is CCN(CCO)C(=O)CCCOc1ccc(Br)cc1Cl. The van der Waals surface area contributed by atoms with Crippen LogP contribution in [0.3, 0.4) is 0 Å². The van der Waals surface area contributed by atoms with Crippen molar-refractivity contribution in [3.05, 3.63) is 27.7 Å². The number of hydrogen-bond acceptors (Lipinski definition) is 3. The van der Waals surface area contributed by atoms with Gasteiger partial charge in [-0.05, 0) is 31.5 Å². The standard InChI is InChI=1S/C14H19BrClNO3/c1-2-17(7-8-18)14(19)4-3-9-20-13-6-5-11(15)10-12(13)16/h5-6,10,18H,2-4,7-9H2,1H3. The summed E-state index contributed by atoms with van der Waals surface area (Å²) in [6, 6.07) is 5.41. The van der Waals surface area contributed by atoms with Crippen molar-refractivity contribution in [2.24, 2.45) is 0 Å². The summed E-state index contributed by atoms with van der Waals surface area (Å²) in [4.78, 5) is 13.4. The molecule has 0 heterocycles. The zero-order chi connectivity index (χ0) is 15.0. The Morgan fingerprint density at radius 2 is 2.25 bits per heavy atom. The minimum Gasteiger partial charge on any atom is -0.492 e.